The highest BCUT2D eigenvalue weighted by Gasteiger charge is 2.39. The molecule has 22 heavy (non-hydrogen) atoms. The SMILES string of the molecule is CC(C)S(=O)(=O)c1cscc1N1C(=O)c2ccccc2C1=O. The van der Waals surface area contributed by atoms with Crippen molar-refractivity contribution in [2.24, 2.45) is 0 Å². The van der Waals surface area contributed by atoms with E-state index in [2.05, 4.69) is 0 Å². The Balaban J connectivity index is 2.15. The Morgan fingerprint density at radius 2 is 1.55 bits per heavy atom. The predicted molar refractivity (Wildman–Crippen MR) is 84.2 cm³/mol. The fraction of sp³-hybridized carbons (Fsp3) is 0.200. The first-order chi connectivity index (χ1) is 10.4. The Morgan fingerprint density at radius 1 is 1.00 bits per heavy atom. The van der Waals surface area contributed by atoms with Crippen LogP contribution in [0.15, 0.2) is 39.9 Å². The number of nitrogens with zero attached hydrogens (tertiary/aromatic N) is 1. The molecule has 0 bridgehead atoms. The number of sulfone groups is 1. The van der Waals surface area contributed by atoms with Crippen molar-refractivity contribution in [3.8, 4) is 0 Å². The van der Waals surface area contributed by atoms with Gasteiger partial charge in [0, 0.05) is 10.8 Å². The third-order valence-corrected chi connectivity index (χ3v) is 6.63. The highest BCUT2D eigenvalue weighted by atomic mass is 32.2. The number of benzene rings is 1. The van der Waals surface area contributed by atoms with E-state index in [0.29, 0.717) is 11.1 Å². The van der Waals surface area contributed by atoms with E-state index in [0.717, 1.165) is 16.2 Å². The second kappa shape index (κ2) is 5.03. The molecule has 0 N–H and O–H groups in total. The maximum Gasteiger partial charge on any atom is 0.266 e. The van der Waals surface area contributed by atoms with Crippen LogP contribution in [0.4, 0.5) is 5.69 Å². The summed E-state index contributed by atoms with van der Waals surface area (Å²) in [5.41, 5.74) is 0.739. The lowest BCUT2D eigenvalue weighted by molar-refractivity contribution is 0.0925. The van der Waals surface area contributed by atoms with Crippen LogP contribution >= 0.6 is 11.3 Å². The lowest BCUT2D eigenvalue weighted by Gasteiger charge is -2.16. The third-order valence-electron chi connectivity index (χ3n) is 3.57. The van der Waals surface area contributed by atoms with Gasteiger partial charge in [0.15, 0.2) is 9.84 Å². The largest absolute Gasteiger partial charge is 0.268 e. The maximum atomic E-state index is 12.5. The molecule has 0 atom stereocenters. The normalized spacial score (nSPS) is 14.8. The second-order valence-electron chi connectivity index (χ2n) is 5.21. The third kappa shape index (κ3) is 2.00. The van der Waals surface area contributed by atoms with Gasteiger partial charge in [-0.2, -0.15) is 0 Å². The number of imide groups is 1. The minimum Gasteiger partial charge on any atom is -0.268 e. The molecule has 0 spiro atoms. The van der Waals surface area contributed by atoms with Gasteiger partial charge >= 0.3 is 0 Å². The van der Waals surface area contributed by atoms with E-state index in [4.69, 9.17) is 0 Å². The van der Waals surface area contributed by atoms with Crippen molar-refractivity contribution in [2.45, 2.75) is 24.0 Å². The summed E-state index contributed by atoms with van der Waals surface area (Å²) < 4.78 is 24.8. The van der Waals surface area contributed by atoms with Gasteiger partial charge in [-0.3, -0.25) is 9.59 Å². The van der Waals surface area contributed by atoms with Crippen molar-refractivity contribution in [3.63, 3.8) is 0 Å². The number of carbonyl (C=O) groups is 2. The van der Waals surface area contributed by atoms with Crippen LogP contribution in [0.3, 0.4) is 0 Å². The topological polar surface area (TPSA) is 71.5 Å². The Morgan fingerprint density at radius 3 is 2.05 bits per heavy atom. The molecule has 1 aliphatic heterocycles. The lowest BCUT2D eigenvalue weighted by Crippen LogP contribution is -2.30. The molecule has 2 aromatic rings. The number of hydrogen-bond donors (Lipinski definition) is 0. The summed E-state index contributed by atoms with van der Waals surface area (Å²) in [5, 5.41) is 2.36. The number of thiophene rings is 1. The Hall–Kier alpha value is -1.99. The van der Waals surface area contributed by atoms with Gasteiger partial charge in [-0.15, -0.1) is 11.3 Å². The Bertz CT molecular complexity index is 845. The highest BCUT2D eigenvalue weighted by Crippen LogP contribution is 2.36. The van der Waals surface area contributed by atoms with Crippen LogP contribution < -0.4 is 4.90 Å². The molecule has 0 saturated carbocycles. The molecule has 1 aromatic heterocycles. The van der Waals surface area contributed by atoms with E-state index < -0.39 is 26.9 Å². The van der Waals surface area contributed by atoms with Crippen LogP contribution in [-0.4, -0.2) is 25.5 Å². The molecule has 2 amide bonds. The predicted octanol–water partition coefficient (Wildman–Crippen LogP) is 2.73. The van der Waals surface area contributed by atoms with Crippen molar-refractivity contribution in [1.29, 1.82) is 0 Å². The van der Waals surface area contributed by atoms with E-state index in [1.807, 2.05) is 0 Å². The van der Waals surface area contributed by atoms with Crippen LogP contribution in [0.2, 0.25) is 0 Å². The average molecular weight is 335 g/mol. The van der Waals surface area contributed by atoms with Crippen LogP contribution in [0.25, 0.3) is 0 Å². The zero-order valence-corrected chi connectivity index (χ0v) is 13.6. The van der Waals surface area contributed by atoms with Crippen molar-refractivity contribution >= 4 is 38.7 Å². The summed E-state index contributed by atoms with van der Waals surface area (Å²) >= 11 is 1.15. The van der Waals surface area contributed by atoms with Crippen molar-refractivity contribution in [2.75, 3.05) is 4.90 Å². The zero-order chi connectivity index (χ0) is 16.1. The minimum absolute atomic E-state index is 0.0296. The first kappa shape index (κ1) is 14.9. The van der Waals surface area contributed by atoms with Crippen molar-refractivity contribution in [1.82, 2.24) is 0 Å². The Kier molecular flexibility index (Phi) is 3.41. The number of anilines is 1. The van der Waals surface area contributed by atoms with Crippen LogP contribution in [0.1, 0.15) is 34.6 Å². The summed E-state index contributed by atoms with van der Waals surface area (Å²) in [5.74, 6) is -0.974. The minimum atomic E-state index is -3.57. The van der Waals surface area contributed by atoms with E-state index in [9.17, 15) is 18.0 Å². The van der Waals surface area contributed by atoms with E-state index in [1.165, 1.54) is 10.8 Å². The molecule has 0 unspecified atom stereocenters. The van der Waals surface area contributed by atoms with Gasteiger partial charge in [0.25, 0.3) is 11.8 Å². The zero-order valence-electron chi connectivity index (χ0n) is 11.9. The standard InChI is InChI=1S/C15H13NO4S2/c1-9(2)22(19,20)13-8-21-7-12(13)16-14(17)10-5-3-4-6-11(10)15(16)18/h3-9H,1-2H3. The fourth-order valence-corrected chi connectivity index (χ4v) is 4.72. The van der Waals surface area contributed by atoms with Gasteiger partial charge < -0.3 is 0 Å². The number of amides is 2. The van der Waals surface area contributed by atoms with Gasteiger partial charge in [-0.05, 0) is 26.0 Å². The van der Waals surface area contributed by atoms with Crippen LogP contribution in [0, 0.1) is 0 Å². The molecule has 0 aliphatic carbocycles. The molecule has 0 fully saturated rings. The molecule has 0 saturated heterocycles. The average Bonchev–Trinajstić information content (AvgIpc) is 3.04. The number of carbonyl (C=O) groups excluding carboxylic acids is 2. The van der Waals surface area contributed by atoms with E-state index in [-0.39, 0.29) is 10.6 Å². The molecule has 0 radical (unpaired) electrons. The summed E-state index contributed by atoms with van der Waals surface area (Å²) in [6.45, 7) is 3.14. The first-order valence-electron chi connectivity index (χ1n) is 6.63. The van der Waals surface area contributed by atoms with Crippen molar-refractivity contribution in [3.05, 3.63) is 46.2 Å². The summed E-state index contributed by atoms with van der Waals surface area (Å²) in [6, 6.07) is 6.48. The summed E-state index contributed by atoms with van der Waals surface area (Å²) in [6.07, 6.45) is 0. The monoisotopic (exact) mass is 335 g/mol. The van der Waals surface area contributed by atoms with Crippen molar-refractivity contribution < 1.29 is 18.0 Å². The lowest BCUT2D eigenvalue weighted by atomic mass is 10.1. The highest BCUT2D eigenvalue weighted by molar-refractivity contribution is 7.92. The quantitative estimate of drug-likeness (QED) is 0.809. The molecule has 7 heteroatoms. The second-order valence-corrected chi connectivity index (χ2v) is 8.42. The number of hydrogen-bond acceptors (Lipinski definition) is 5. The van der Waals surface area contributed by atoms with Gasteiger partial charge in [0.05, 0.1) is 22.1 Å². The molecule has 2 heterocycles. The van der Waals surface area contributed by atoms with Crippen LogP contribution in [-0.2, 0) is 9.84 Å². The molecule has 114 valence electrons. The van der Waals surface area contributed by atoms with Gasteiger partial charge in [0.1, 0.15) is 4.90 Å². The Labute approximate surface area is 132 Å². The molecule has 5 nitrogen and oxygen atoms in total. The summed E-state index contributed by atoms with van der Waals surface area (Å²) in [7, 11) is -3.57. The fourth-order valence-electron chi connectivity index (χ4n) is 2.32. The maximum absolute atomic E-state index is 12.5. The van der Waals surface area contributed by atoms with Crippen LogP contribution in [0.5, 0.6) is 0 Å². The van der Waals surface area contributed by atoms with E-state index >= 15 is 0 Å². The summed E-state index contributed by atoms with van der Waals surface area (Å²) in [4.78, 5) is 25.9. The number of fused-ring (bicyclic) bond motifs is 1. The molecular formula is C15H13NO4S2. The first-order valence-corrected chi connectivity index (χ1v) is 9.12. The molecule has 3 rings (SSSR count). The van der Waals surface area contributed by atoms with Gasteiger partial charge in [-0.1, -0.05) is 12.1 Å². The molecular weight excluding hydrogens is 322 g/mol. The van der Waals surface area contributed by atoms with Gasteiger partial charge in [0.2, 0.25) is 0 Å². The molecule has 1 aliphatic rings. The number of rotatable bonds is 3. The smallest absolute Gasteiger partial charge is 0.266 e. The van der Waals surface area contributed by atoms with Gasteiger partial charge in [-0.25, -0.2) is 13.3 Å². The molecule has 1 aromatic carbocycles. The van der Waals surface area contributed by atoms with E-state index in [1.54, 1.807) is 38.1 Å².